The molecule has 0 radical (unpaired) electrons. The maximum absolute atomic E-state index is 14.1. The highest BCUT2D eigenvalue weighted by Gasteiger charge is 2.42. The summed E-state index contributed by atoms with van der Waals surface area (Å²) >= 11 is 0. The molecule has 0 bridgehead atoms. The van der Waals surface area contributed by atoms with Gasteiger partial charge in [0.15, 0.2) is 0 Å². The van der Waals surface area contributed by atoms with E-state index in [1.807, 2.05) is 0 Å². The molecule has 1 fully saturated rings. The number of unbranched alkanes of at least 4 members (excludes halogenated alkanes) is 1. The first-order valence-corrected chi connectivity index (χ1v) is 22.2. The van der Waals surface area contributed by atoms with Crippen LogP contribution >= 0.6 is 0 Å². The lowest BCUT2D eigenvalue weighted by atomic mass is 10.00. The van der Waals surface area contributed by atoms with Gasteiger partial charge in [-0.2, -0.15) is 0 Å². The van der Waals surface area contributed by atoms with Gasteiger partial charge in [-0.1, -0.05) is 41.5 Å². The van der Waals surface area contributed by atoms with Gasteiger partial charge in [-0.15, -0.1) is 0 Å². The first-order valence-electron chi connectivity index (χ1n) is 22.2. The van der Waals surface area contributed by atoms with Crippen LogP contribution in [-0.2, 0) is 49.6 Å². The van der Waals surface area contributed by atoms with Crippen LogP contribution in [0.5, 0.6) is 0 Å². The predicted molar refractivity (Wildman–Crippen MR) is 235 cm³/mol. The Morgan fingerprint density at radius 2 is 1.35 bits per heavy atom. The van der Waals surface area contributed by atoms with Gasteiger partial charge in [0.05, 0.1) is 18.5 Å². The lowest BCUT2D eigenvalue weighted by Gasteiger charge is -2.32. The van der Waals surface area contributed by atoms with Crippen molar-refractivity contribution >= 4 is 53.3 Å². The molecule has 1 aliphatic heterocycles. The van der Waals surface area contributed by atoms with Gasteiger partial charge in [-0.05, 0) is 76.2 Å². The minimum Gasteiger partial charge on any atom is -0.481 e. The van der Waals surface area contributed by atoms with Gasteiger partial charge in [-0.3, -0.25) is 38.4 Å². The van der Waals surface area contributed by atoms with Crippen molar-refractivity contribution in [3.05, 3.63) is 18.2 Å². The third-order valence-electron chi connectivity index (χ3n) is 10.9. The molecule has 9 atom stereocenters. The summed E-state index contributed by atoms with van der Waals surface area (Å²) in [5, 5.41) is 45.1. The summed E-state index contributed by atoms with van der Waals surface area (Å²) in [5.74, 6) is -9.12. The molecule has 65 heavy (non-hydrogen) atoms. The Balaban J connectivity index is 2.28. The van der Waals surface area contributed by atoms with Crippen LogP contribution in [0.2, 0.25) is 0 Å². The normalized spacial score (nSPS) is 17.5. The zero-order valence-corrected chi connectivity index (χ0v) is 38.4. The third kappa shape index (κ3) is 18.0. The average molecular weight is 922 g/mol. The molecule has 23 heteroatoms. The van der Waals surface area contributed by atoms with Crippen LogP contribution in [0.25, 0.3) is 0 Å². The monoisotopic (exact) mass is 922 g/mol. The number of rotatable bonds is 28. The molecule has 1 aromatic heterocycles. The Hall–Kier alpha value is -5.68. The van der Waals surface area contributed by atoms with Gasteiger partial charge in [-0.25, -0.2) is 9.78 Å². The number of aliphatic hydroxyl groups is 1. The van der Waals surface area contributed by atoms with Crippen molar-refractivity contribution in [2.24, 2.45) is 29.2 Å². The number of carboxylic acids is 2. The molecule has 1 aliphatic rings. The van der Waals surface area contributed by atoms with E-state index < -0.39 is 126 Å². The molecule has 2 heterocycles. The van der Waals surface area contributed by atoms with Crippen molar-refractivity contribution in [1.29, 1.82) is 0 Å². The van der Waals surface area contributed by atoms with E-state index in [0.717, 1.165) is 0 Å². The first-order chi connectivity index (χ1) is 30.5. The summed E-state index contributed by atoms with van der Waals surface area (Å²) in [6, 6.07) is -10.2. The minimum atomic E-state index is -1.59. The number of hydrogen-bond acceptors (Lipinski definition) is 13. The number of carbonyl (C=O) groups is 9. The number of imidazole rings is 1. The molecular weight excluding hydrogens is 851 g/mol. The number of H-pyrrole nitrogens is 1. The van der Waals surface area contributed by atoms with Crippen molar-refractivity contribution in [2.45, 2.75) is 161 Å². The van der Waals surface area contributed by atoms with E-state index in [4.69, 9.17) is 11.5 Å². The van der Waals surface area contributed by atoms with Crippen LogP contribution in [0.15, 0.2) is 12.5 Å². The van der Waals surface area contributed by atoms with Gasteiger partial charge in [0.2, 0.25) is 41.4 Å². The number of carboxylic acid groups (broad SMARTS) is 2. The highest BCUT2D eigenvalue weighted by Crippen LogP contribution is 2.21. The van der Waals surface area contributed by atoms with Crippen LogP contribution in [-0.4, -0.2) is 151 Å². The van der Waals surface area contributed by atoms with Crippen molar-refractivity contribution in [3.8, 4) is 0 Å². The number of aliphatic carboxylic acids is 2. The van der Waals surface area contributed by atoms with E-state index >= 15 is 0 Å². The summed E-state index contributed by atoms with van der Waals surface area (Å²) in [7, 11) is 0. The Morgan fingerprint density at radius 3 is 1.89 bits per heavy atom. The second kappa shape index (κ2) is 27.0. The number of carbonyl (C=O) groups excluding carboxylic acids is 7. The molecule has 23 nitrogen and oxygen atoms in total. The number of aromatic amines is 1. The van der Waals surface area contributed by atoms with E-state index in [0.29, 0.717) is 31.5 Å². The number of amides is 7. The van der Waals surface area contributed by atoms with Crippen LogP contribution < -0.4 is 43.4 Å². The molecule has 0 unspecified atom stereocenters. The Kier molecular flexibility index (Phi) is 23.0. The molecule has 7 amide bonds. The average Bonchev–Trinajstić information content (AvgIpc) is 3.94. The minimum absolute atomic E-state index is 0.0191. The lowest BCUT2D eigenvalue weighted by Crippen LogP contribution is -2.62. The summed E-state index contributed by atoms with van der Waals surface area (Å²) in [6.07, 6.45) is 1.93. The molecular formula is C42H71N11O12. The zero-order chi connectivity index (χ0) is 49.1. The van der Waals surface area contributed by atoms with E-state index in [1.54, 1.807) is 41.5 Å². The number of aromatic nitrogens is 2. The van der Waals surface area contributed by atoms with Gasteiger partial charge in [0.25, 0.3) is 0 Å². The van der Waals surface area contributed by atoms with E-state index in [1.165, 1.54) is 24.3 Å². The maximum Gasteiger partial charge on any atom is 0.326 e. The van der Waals surface area contributed by atoms with Crippen LogP contribution in [0.1, 0.15) is 106 Å². The molecule has 14 N–H and O–H groups in total. The SMILES string of the molecule is CC(C)C[C@H](NC(=O)[C@H](Cc1cnc[nH]1)NC(=O)[C@@H](N)C(C)C)C(=O)N[C@H](C(=O)N1CCC[C@H]1C(=O)N[C@H](C(=O)N[C@@H](CCC(=O)O)C(=O)N[C@@H](CCCCN)C(=O)O)C(C)C)[C@@H](C)O. The van der Waals surface area contributed by atoms with E-state index in [-0.39, 0.29) is 44.1 Å². The summed E-state index contributed by atoms with van der Waals surface area (Å²) < 4.78 is 0. The number of aliphatic hydroxyl groups excluding tert-OH is 1. The standard InChI is InChI=1S/C42H71N11O12/c1-21(2)17-28(49-36(58)29(18-25-19-45-20-46-25)50-39(61)32(44)22(3)4)37(59)52-34(24(7)54)41(63)53-16-10-12-30(53)38(60)51-33(23(5)6)40(62)47-26(13-14-31(55)56)35(57)48-27(42(64)65)11-8-9-15-43/h19-24,26-30,32-34,54H,8-18,43-44H2,1-7H3,(H,45,46)(H,47,62)(H,48,57)(H,49,58)(H,50,61)(H,51,60)(H,52,59)(H,55,56)(H,64,65)/t24-,26+,27+,28+,29+,30+,32+,33+,34+/m1/s1. The molecule has 0 spiro atoms. The molecule has 1 saturated heterocycles. The van der Waals surface area contributed by atoms with E-state index in [2.05, 4.69) is 41.9 Å². The summed E-state index contributed by atoms with van der Waals surface area (Å²) in [5.41, 5.74) is 12.1. The fraction of sp³-hybridized carbons (Fsp3) is 0.714. The van der Waals surface area contributed by atoms with Crippen LogP contribution in [0.3, 0.4) is 0 Å². The second-order valence-electron chi connectivity index (χ2n) is 17.6. The summed E-state index contributed by atoms with van der Waals surface area (Å²) in [4.78, 5) is 127. The maximum atomic E-state index is 14.1. The van der Waals surface area contributed by atoms with Gasteiger partial charge < -0.3 is 68.6 Å². The predicted octanol–water partition coefficient (Wildman–Crippen LogP) is -2.00. The molecule has 0 aromatic carbocycles. The fourth-order valence-corrected chi connectivity index (χ4v) is 7.10. The zero-order valence-electron chi connectivity index (χ0n) is 38.4. The van der Waals surface area contributed by atoms with Crippen LogP contribution in [0.4, 0.5) is 0 Å². The van der Waals surface area contributed by atoms with Gasteiger partial charge in [0.1, 0.15) is 42.3 Å². The quantitative estimate of drug-likeness (QED) is 0.0405. The molecule has 366 valence electrons. The summed E-state index contributed by atoms with van der Waals surface area (Å²) in [6.45, 7) is 11.9. The molecule has 0 aliphatic carbocycles. The fourth-order valence-electron chi connectivity index (χ4n) is 7.10. The van der Waals surface area contributed by atoms with E-state index in [9.17, 15) is 58.5 Å². The Morgan fingerprint density at radius 1 is 0.754 bits per heavy atom. The van der Waals surface area contributed by atoms with Crippen molar-refractivity contribution in [3.63, 3.8) is 0 Å². The smallest absolute Gasteiger partial charge is 0.326 e. The number of nitrogens with zero attached hydrogens (tertiary/aromatic N) is 2. The number of likely N-dealkylation sites (tertiary alicyclic amines) is 1. The van der Waals surface area contributed by atoms with Crippen molar-refractivity contribution in [1.82, 2.24) is 46.8 Å². The molecule has 0 saturated carbocycles. The highest BCUT2D eigenvalue weighted by molar-refractivity contribution is 5.98. The lowest BCUT2D eigenvalue weighted by molar-refractivity contribution is -0.145. The Bertz CT molecular complexity index is 1770. The number of hydrogen-bond donors (Lipinski definition) is 12. The van der Waals surface area contributed by atoms with Gasteiger partial charge >= 0.3 is 11.9 Å². The molecule has 1 aromatic rings. The first kappa shape index (κ1) is 55.5. The van der Waals surface area contributed by atoms with Gasteiger partial charge in [0, 0.05) is 31.3 Å². The van der Waals surface area contributed by atoms with Crippen LogP contribution in [0, 0.1) is 17.8 Å². The van der Waals surface area contributed by atoms with Crippen molar-refractivity contribution in [2.75, 3.05) is 13.1 Å². The highest BCUT2D eigenvalue weighted by atomic mass is 16.4. The number of nitrogens with two attached hydrogens (primary N) is 2. The largest absolute Gasteiger partial charge is 0.481 e. The topological polar surface area (TPSA) is 370 Å². The Labute approximate surface area is 379 Å². The molecule has 2 rings (SSSR count). The number of nitrogens with one attached hydrogen (secondary N) is 7. The third-order valence-corrected chi connectivity index (χ3v) is 10.9. The second-order valence-corrected chi connectivity index (χ2v) is 17.6. The van der Waals surface area contributed by atoms with Crippen molar-refractivity contribution < 1.29 is 58.5 Å².